The number of sulfonamides is 1. The predicted molar refractivity (Wildman–Crippen MR) is 107 cm³/mol. The average Bonchev–Trinajstić information content (AvgIpc) is 2.63. The first-order chi connectivity index (χ1) is 13.0. The fourth-order valence-electron chi connectivity index (χ4n) is 2.28. The number of benzene rings is 2. The van der Waals surface area contributed by atoms with Gasteiger partial charge in [0.2, 0.25) is 10.0 Å². The van der Waals surface area contributed by atoms with Crippen LogP contribution < -0.4 is 11.1 Å². The van der Waals surface area contributed by atoms with Gasteiger partial charge in [0.1, 0.15) is 0 Å². The van der Waals surface area contributed by atoms with E-state index in [0.717, 1.165) is 9.87 Å². The maximum Gasteiger partial charge on any atom is 0.338 e. The second-order valence-electron chi connectivity index (χ2n) is 6.46. The van der Waals surface area contributed by atoms with Crippen LogP contribution in [-0.4, -0.2) is 45.3 Å². The molecule has 0 aliphatic carbocycles. The minimum Gasteiger partial charge on any atom is -0.452 e. The standard InChI is InChI=1S/C19H23N3O5S/c1-12-5-7-14(9-16(12)20)19(24)27-11-18(23)21-17-10-15(8-6-13(17)2)28(25,26)22(3)4/h5-10H,11,20H2,1-4H3,(H,21,23). The van der Waals surface area contributed by atoms with Gasteiger partial charge in [0, 0.05) is 25.5 Å². The third kappa shape index (κ3) is 4.87. The maximum atomic E-state index is 12.2. The molecule has 0 saturated heterocycles. The van der Waals surface area contributed by atoms with Gasteiger partial charge < -0.3 is 15.8 Å². The van der Waals surface area contributed by atoms with Gasteiger partial charge in [0.25, 0.3) is 5.91 Å². The van der Waals surface area contributed by atoms with Gasteiger partial charge in [-0.2, -0.15) is 0 Å². The molecule has 9 heteroatoms. The van der Waals surface area contributed by atoms with Gasteiger partial charge in [-0.05, 0) is 49.2 Å². The van der Waals surface area contributed by atoms with Crippen molar-refractivity contribution in [2.24, 2.45) is 0 Å². The van der Waals surface area contributed by atoms with Crippen LogP contribution in [0, 0.1) is 13.8 Å². The molecule has 28 heavy (non-hydrogen) atoms. The lowest BCUT2D eigenvalue weighted by atomic mass is 10.1. The molecule has 0 bridgehead atoms. The number of anilines is 2. The lowest BCUT2D eigenvalue weighted by Crippen LogP contribution is -2.23. The number of aryl methyl sites for hydroxylation is 2. The smallest absolute Gasteiger partial charge is 0.338 e. The number of nitrogens with zero attached hydrogens (tertiary/aromatic N) is 1. The quantitative estimate of drug-likeness (QED) is 0.560. The molecule has 0 heterocycles. The van der Waals surface area contributed by atoms with Crippen LogP contribution in [0.1, 0.15) is 21.5 Å². The van der Waals surface area contributed by atoms with Crippen LogP contribution in [0.25, 0.3) is 0 Å². The van der Waals surface area contributed by atoms with Crippen molar-refractivity contribution in [3.05, 3.63) is 53.1 Å². The number of rotatable bonds is 6. The summed E-state index contributed by atoms with van der Waals surface area (Å²) in [5, 5.41) is 2.57. The molecular formula is C19H23N3O5S. The summed E-state index contributed by atoms with van der Waals surface area (Å²) in [6.45, 7) is 3.02. The molecule has 2 aromatic rings. The zero-order valence-electron chi connectivity index (χ0n) is 16.1. The third-order valence-electron chi connectivity index (χ3n) is 4.11. The van der Waals surface area contributed by atoms with Crippen molar-refractivity contribution < 1.29 is 22.7 Å². The lowest BCUT2D eigenvalue weighted by molar-refractivity contribution is -0.119. The van der Waals surface area contributed by atoms with Crippen LogP contribution in [0.15, 0.2) is 41.3 Å². The summed E-state index contributed by atoms with van der Waals surface area (Å²) in [5.74, 6) is -1.27. The molecule has 0 aliphatic heterocycles. The Bertz CT molecular complexity index is 1020. The van der Waals surface area contributed by atoms with E-state index >= 15 is 0 Å². The molecule has 0 saturated carbocycles. The van der Waals surface area contributed by atoms with Crippen molar-refractivity contribution in [2.45, 2.75) is 18.7 Å². The van der Waals surface area contributed by atoms with Gasteiger partial charge in [-0.15, -0.1) is 0 Å². The van der Waals surface area contributed by atoms with E-state index < -0.39 is 28.5 Å². The molecule has 0 radical (unpaired) electrons. The Balaban J connectivity index is 2.06. The predicted octanol–water partition coefficient (Wildman–Crippen LogP) is 1.93. The van der Waals surface area contributed by atoms with Crippen LogP contribution in [0.3, 0.4) is 0 Å². The normalized spacial score (nSPS) is 11.3. The number of amides is 1. The second kappa shape index (κ2) is 8.41. The van der Waals surface area contributed by atoms with E-state index in [-0.39, 0.29) is 10.5 Å². The Morgan fingerprint density at radius 2 is 1.71 bits per heavy atom. The minimum atomic E-state index is -3.64. The highest BCUT2D eigenvalue weighted by Crippen LogP contribution is 2.22. The van der Waals surface area contributed by atoms with Gasteiger partial charge in [-0.3, -0.25) is 4.79 Å². The number of carbonyl (C=O) groups is 2. The van der Waals surface area contributed by atoms with E-state index in [1.807, 2.05) is 6.92 Å². The Hall–Kier alpha value is -2.91. The molecule has 0 aromatic heterocycles. The highest BCUT2D eigenvalue weighted by atomic mass is 32.2. The number of hydrogen-bond donors (Lipinski definition) is 2. The molecule has 2 aromatic carbocycles. The van der Waals surface area contributed by atoms with Gasteiger partial charge >= 0.3 is 5.97 Å². The Morgan fingerprint density at radius 3 is 2.32 bits per heavy atom. The zero-order valence-corrected chi connectivity index (χ0v) is 17.0. The molecule has 0 atom stereocenters. The van der Waals surface area contributed by atoms with E-state index in [4.69, 9.17) is 10.5 Å². The van der Waals surface area contributed by atoms with Crippen molar-refractivity contribution in [1.82, 2.24) is 4.31 Å². The number of carbonyl (C=O) groups excluding carboxylic acids is 2. The first-order valence-corrected chi connectivity index (χ1v) is 9.82. The lowest BCUT2D eigenvalue weighted by Gasteiger charge is -2.14. The number of ether oxygens (including phenoxy) is 1. The second-order valence-corrected chi connectivity index (χ2v) is 8.61. The summed E-state index contributed by atoms with van der Waals surface area (Å²) in [6.07, 6.45) is 0. The summed E-state index contributed by atoms with van der Waals surface area (Å²) < 4.78 is 30.6. The van der Waals surface area contributed by atoms with Crippen LogP contribution >= 0.6 is 0 Å². The Labute approximate surface area is 164 Å². The molecular weight excluding hydrogens is 382 g/mol. The van der Waals surface area contributed by atoms with Crippen LogP contribution in [-0.2, 0) is 19.6 Å². The van der Waals surface area contributed by atoms with Gasteiger partial charge in [-0.1, -0.05) is 12.1 Å². The molecule has 1 amide bonds. The average molecular weight is 405 g/mol. The number of nitrogen functional groups attached to an aromatic ring is 1. The first kappa shape index (κ1) is 21.4. The maximum absolute atomic E-state index is 12.2. The van der Waals surface area contributed by atoms with Gasteiger partial charge in [-0.25, -0.2) is 17.5 Å². The van der Waals surface area contributed by atoms with Crippen molar-refractivity contribution in [2.75, 3.05) is 31.8 Å². The van der Waals surface area contributed by atoms with Crippen LogP contribution in [0.2, 0.25) is 0 Å². The fraction of sp³-hybridized carbons (Fsp3) is 0.263. The summed E-state index contributed by atoms with van der Waals surface area (Å²) in [5.41, 5.74) is 8.28. The number of hydrogen-bond acceptors (Lipinski definition) is 6. The Kier molecular flexibility index (Phi) is 6.42. The van der Waals surface area contributed by atoms with Crippen molar-refractivity contribution in [3.63, 3.8) is 0 Å². The van der Waals surface area contributed by atoms with Crippen molar-refractivity contribution >= 4 is 33.3 Å². The molecule has 0 spiro atoms. The molecule has 150 valence electrons. The van der Waals surface area contributed by atoms with Crippen LogP contribution in [0.4, 0.5) is 11.4 Å². The van der Waals surface area contributed by atoms with Crippen LogP contribution in [0.5, 0.6) is 0 Å². The minimum absolute atomic E-state index is 0.0468. The van der Waals surface area contributed by atoms with E-state index in [9.17, 15) is 18.0 Å². The van der Waals surface area contributed by atoms with E-state index in [0.29, 0.717) is 16.9 Å². The fourth-order valence-corrected chi connectivity index (χ4v) is 3.20. The van der Waals surface area contributed by atoms with Gasteiger partial charge in [0.05, 0.1) is 10.5 Å². The number of esters is 1. The van der Waals surface area contributed by atoms with E-state index in [2.05, 4.69) is 5.32 Å². The Morgan fingerprint density at radius 1 is 1.07 bits per heavy atom. The monoisotopic (exact) mass is 405 g/mol. The number of nitrogens with two attached hydrogens (primary N) is 1. The largest absolute Gasteiger partial charge is 0.452 e. The molecule has 2 rings (SSSR count). The third-order valence-corrected chi connectivity index (χ3v) is 5.92. The van der Waals surface area contributed by atoms with Gasteiger partial charge in [0.15, 0.2) is 6.61 Å². The van der Waals surface area contributed by atoms with E-state index in [1.54, 1.807) is 25.1 Å². The molecule has 3 N–H and O–H groups in total. The summed E-state index contributed by atoms with van der Waals surface area (Å²) in [4.78, 5) is 24.2. The topological polar surface area (TPSA) is 119 Å². The number of nitrogens with one attached hydrogen (secondary N) is 1. The van der Waals surface area contributed by atoms with Crippen molar-refractivity contribution in [3.8, 4) is 0 Å². The summed E-state index contributed by atoms with van der Waals surface area (Å²) in [6, 6.07) is 9.15. The zero-order chi connectivity index (χ0) is 21.1. The molecule has 0 unspecified atom stereocenters. The highest BCUT2D eigenvalue weighted by Gasteiger charge is 2.19. The highest BCUT2D eigenvalue weighted by molar-refractivity contribution is 7.89. The SMILES string of the molecule is Cc1ccc(C(=O)OCC(=O)Nc2cc(S(=O)(=O)N(C)C)ccc2C)cc1N. The molecule has 0 fully saturated rings. The first-order valence-electron chi connectivity index (χ1n) is 8.38. The van der Waals surface area contributed by atoms with E-state index in [1.165, 1.54) is 32.3 Å². The molecule has 8 nitrogen and oxygen atoms in total. The molecule has 0 aliphatic rings. The summed E-state index contributed by atoms with van der Waals surface area (Å²) in [7, 11) is -0.794. The summed E-state index contributed by atoms with van der Waals surface area (Å²) >= 11 is 0. The van der Waals surface area contributed by atoms with Crippen molar-refractivity contribution in [1.29, 1.82) is 0 Å².